The van der Waals surface area contributed by atoms with Crippen LogP contribution in [0.2, 0.25) is 0 Å². The van der Waals surface area contributed by atoms with E-state index in [1.165, 1.54) is 0 Å². The van der Waals surface area contributed by atoms with Crippen LogP contribution in [-0.4, -0.2) is 41.2 Å². The molecular formula is C14H23N3O. The maximum atomic E-state index is 9.14. The number of hydrogen-bond donors (Lipinski definition) is 2. The Labute approximate surface area is 109 Å². The van der Waals surface area contributed by atoms with E-state index in [0.717, 1.165) is 50.4 Å². The van der Waals surface area contributed by atoms with Crippen molar-refractivity contribution < 1.29 is 5.11 Å². The summed E-state index contributed by atoms with van der Waals surface area (Å²) < 4.78 is 0. The first kappa shape index (κ1) is 13.3. The lowest BCUT2D eigenvalue weighted by atomic mass is 10.1. The Morgan fingerprint density at radius 1 is 1.56 bits per heavy atom. The number of nitrogens with zero attached hydrogens (tertiary/aromatic N) is 2. The van der Waals surface area contributed by atoms with Crippen molar-refractivity contribution in [2.75, 3.05) is 31.6 Å². The number of anilines is 1. The molecular weight excluding hydrogens is 226 g/mol. The molecule has 4 heteroatoms. The fourth-order valence-corrected chi connectivity index (χ4v) is 2.38. The number of hydrogen-bond acceptors (Lipinski definition) is 4. The Morgan fingerprint density at radius 2 is 2.44 bits per heavy atom. The van der Waals surface area contributed by atoms with Gasteiger partial charge in [-0.1, -0.05) is 6.92 Å². The van der Waals surface area contributed by atoms with E-state index in [1.54, 1.807) is 0 Å². The molecule has 0 amide bonds. The molecule has 0 aliphatic carbocycles. The van der Waals surface area contributed by atoms with Gasteiger partial charge in [-0.15, -0.1) is 0 Å². The number of likely N-dealkylation sites (tertiary alicyclic amines) is 1. The van der Waals surface area contributed by atoms with Gasteiger partial charge in [-0.05, 0) is 37.4 Å². The van der Waals surface area contributed by atoms with Gasteiger partial charge in [-0.25, -0.2) is 0 Å². The predicted octanol–water partition coefficient (Wildman–Crippen LogP) is 1.72. The van der Waals surface area contributed by atoms with E-state index in [2.05, 4.69) is 28.2 Å². The van der Waals surface area contributed by atoms with E-state index < -0.39 is 0 Å². The van der Waals surface area contributed by atoms with E-state index in [9.17, 15) is 0 Å². The summed E-state index contributed by atoms with van der Waals surface area (Å²) in [5.41, 5.74) is 2.26. The quantitative estimate of drug-likeness (QED) is 0.806. The normalized spacial score (nSPS) is 20.2. The second-order valence-electron chi connectivity index (χ2n) is 5.04. The molecule has 1 saturated heterocycles. The molecule has 1 unspecified atom stereocenters. The van der Waals surface area contributed by atoms with Gasteiger partial charge in [0.15, 0.2) is 0 Å². The lowest BCUT2D eigenvalue weighted by Crippen LogP contribution is -2.21. The van der Waals surface area contributed by atoms with Gasteiger partial charge in [0.2, 0.25) is 0 Å². The summed E-state index contributed by atoms with van der Waals surface area (Å²) in [5.74, 6) is 0.450. The van der Waals surface area contributed by atoms with Crippen LogP contribution in [0.1, 0.15) is 25.5 Å². The molecule has 2 N–H and O–H groups in total. The van der Waals surface area contributed by atoms with Crippen LogP contribution < -0.4 is 5.32 Å². The Kier molecular flexibility index (Phi) is 4.96. The van der Waals surface area contributed by atoms with Crippen molar-refractivity contribution in [3.05, 3.63) is 24.0 Å². The van der Waals surface area contributed by atoms with Crippen LogP contribution >= 0.6 is 0 Å². The number of aliphatic hydroxyl groups is 1. The van der Waals surface area contributed by atoms with Crippen molar-refractivity contribution in [2.24, 2.45) is 5.92 Å². The van der Waals surface area contributed by atoms with E-state index in [4.69, 9.17) is 5.11 Å². The highest BCUT2D eigenvalue weighted by atomic mass is 16.3. The van der Waals surface area contributed by atoms with Crippen molar-refractivity contribution in [1.82, 2.24) is 9.88 Å². The lowest BCUT2D eigenvalue weighted by molar-refractivity contribution is 0.219. The molecule has 1 aromatic rings. The maximum Gasteiger partial charge on any atom is 0.0564 e. The van der Waals surface area contributed by atoms with Gasteiger partial charge >= 0.3 is 0 Å². The predicted molar refractivity (Wildman–Crippen MR) is 73.5 cm³/mol. The van der Waals surface area contributed by atoms with Crippen molar-refractivity contribution >= 4 is 5.69 Å². The zero-order valence-electron chi connectivity index (χ0n) is 11.1. The molecule has 1 aromatic heterocycles. The molecule has 1 aliphatic heterocycles. The number of aliphatic hydroxyl groups excluding tert-OH is 1. The lowest BCUT2D eigenvalue weighted by Gasteiger charge is -2.15. The number of nitrogens with one attached hydrogen (secondary N) is 1. The van der Waals surface area contributed by atoms with E-state index in [1.807, 2.05) is 12.3 Å². The highest BCUT2D eigenvalue weighted by Crippen LogP contribution is 2.18. The molecule has 1 fully saturated rings. The van der Waals surface area contributed by atoms with Gasteiger partial charge in [0.25, 0.3) is 0 Å². The van der Waals surface area contributed by atoms with Crippen LogP contribution in [0.25, 0.3) is 0 Å². The molecule has 0 aromatic carbocycles. The third-order valence-electron chi connectivity index (χ3n) is 3.41. The van der Waals surface area contributed by atoms with Gasteiger partial charge in [0, 0.05) is 38.1 Å². The molecule has 100 valence electrons. The average molecular weight is 249 g/mol. The number of rotatable bonds is 6. The summed E-state index contributed by atoms with van der Waals surface area (Å²) in [6, 6.07) is 4.14. The SMILES string of the molecule is CCCNc1ccnc(CN2CCC(CO)C2)c1. The highest BCUT2D eigenvalue weighted by molar-refractivity contribution is 5.43. The third kappa shape index (κ3) is 3.68. The minimum absolute atomic E-state index is 0.308. The molecule has 0 saturated carbocycles. The second kappa shape index (κ2) is 6.71. The molecule has 2 heterocycles. The Morgan fingerprint density at radius 3 is 3.17 bits per heavy atom. The van der Waals surface area contributed by atoms with Crippen molar-refractivity contribution in [3.63, 3.8) is 0 Å². The maximum absolute atomic E-state index is 9.14. The first-order chi connectivity index (χ1) is 8.81. The summed E-state index contributed by atoms with van der Waals surface area (Å²) in [7, 11) is 0. The van der Waals surface area contributed by atoms with Crippen LogP contribution in [0.5, 0.6) is 0 Å². The van der Waals surface area contributed by atoms with Gasteiger partial charge in [0.05, 0.1) is 5.69 Å². The third-order valence-corrected chi connectivity index (χ3v) is 3.41. The molecule has 1 aliphatic rings. The Hall–Kier alpha value is -1.13. The van der Waals surface area contributed by atoms with E-state index in [0.29, 0.717) is 12.5 Å². The zero-order chi connectivity index (χ0) is 12.8. The monoisotopic (exact) mass is 249 g/mol. The van der Waals surface area contributed by atoms with E-state index >= 15 is 0 Å². The van der Waals surface area contributed by atoms with Gasteiger partial charge in [-0.2, -0.15) is 0 Å². The standard InChI is InChI=1S/C14H23N3O/c1-2-5-15-13-3-6-16-14(8-13)10-17-7-4-12(9-17)11-18/h3,6,8,12,18H,2,4-5,7,9-11H2,1H3,(H,15,16). The van der Waals surface area contributed by atoms with Crippen LogP contribution in [0.15, 0.2) is 18.3 Å². The second-order valence-corrected chi connectivity index (χ2v) is 5.04. The Bertz CT molecular complexity index is 370. The van der Waals surface area contributed by atoms with Crippen molar-refractivity contribution in [1.29, 1.82) is 0 Å². The minimum atomic E-state index is 0.308. The van der Waals surface area contributed by atoms with Crippen LogP contribution in [0, 0.1) is 5.92 Å². The summed E-state index contributed by atoms with van der Waals surface area (Å²) in [6.07, 6.45) is 4.10. The van der Waals surface area contributed by atoms with Crippen molar-refractivity contribution in [2.45, 2.75) is 26.3 Å². The summed E-state index contributed by atoms with van der Waals surface area (Å²) in [6.45, 7) is 6.42. The average Bonchev–Trinajstić information content (AvgIpc) is 2.84. The first-order valence-corrected chi connectivity index (χ1v) is 6.84. The molecule has 0 bridgehead atoms. The topological polar surface area (TPSA) is 48.4 Å². The van der Waals surface area contributed by atoms with Gasteiger partial charge in [-0.3, -0.25) is 9.88 Å². The molecule has 0 spiro atoms. The molecule has 0 radical (unpaired) electrons. The van der Waals surface area contributed by atoms with Gasteiger partial charge in [0.1, 0.15) is 0 Å². The summed E-state index contributed by atoms with van der Waals surface area (Å²) in [5, 5.41) is 12.5. The fourth-order valence-electron chi connectivity index (χ4n) is 2.38. The number of aromatic nitrogens is 1. The Balaban J connectivity index is 1.89. The van der Waals surface area contributed by atoms with Crippen LogP contribution in [-0.2, 0) is 6.54 Å². The molecule has 1 atom stereocenters. The smallest absolute Gasteiger partial charge is 0.0564 e. The molecule has 2 rings (SSSR count). The summed E-state index contributed by atoms with van der Waals surface area (Å²) in [4.78, 5) is 6.79. The van der Waals surface area contributed by atoms with Crippen LogP contribution in [0.4, 0.5) is 5.69 Å². The molecule has 18 heavy (non-hydrogen) atoms. The number of pyridine rings is 1. The van der Waals surface area contributed by atoms with Gasteiger partial charge < -0.3 is 10.4 Å². The van der Waals surface area contributed by atoms with E-state index in [-0.39, 0.29) is 0 Å². The highest BCUT2D eigenvalue weighted by Gasteiger charge is 2.21. The fraction of sp³-hybridized carbons (Fsp3) is 0.643. The summed E-state index contributed by atoms with van der Waals surface area (Å²) >= 11 is 0. The molecule has 4 nitrogen and oxygen atoms in total. The van der Waals surface area contributed by atoms with Crippen molar-refractivity contribution in [3.8, 4) is 0 Å². The van der Waals surface area contributed by atoms with Crippen LogP contribution in [0.3, 0.4) is 0 Å². The minimum Gasteiger partial charge on any atom is -0.396 e. The first-order valence-electron chi connectivity index (χ1n) is 6.84. The largest absolute Gasteiger partial charge is 0.396 e. The zero-order valence-corrected chi connectivity index (χ0v) is 11.1.